The molecule has 0 radical (unpaired) electrons. The molecule has 0 amide bonds. The van der Waals surface area contributed by atoms with E-state index < -0.39 is 11.9 Å². The minimum Gasteiger partial charge on any atom is -0.480 e. The van der Waals surface area contributed by atoms with Crippen LogP contribution in [0.3, 0.4) is 0 Å². The van der Waals surface area contributed by atoms with Crippen LogP contribution in [0.1, 0.15) is 20.7 Å². The fraction of sp³-hybridized carbons (Fsp3) is 0.300. The van der Waals surface area contributed by atoms with E-state index in [0.717, 1.165) is 0 Å². The van der Waals surface area contributed by atoms with Gasteiger partial charge in [0.2, 0.25) is 5.88 Å². The van der Waals surface area contributed by atoms with Gasteiger partial charge in [0.1, 0.15) is 5.56 Å². The number of esters is 2. The van der Waals surface area contributed by atoms with Crippen LogP contribution in [0.5, 0.6) is 5.88 Å². The van der Waals surface area contributed by atoms with Crippen molar-refractivity contribution in [2.45, 2.75) is 0 Å². The van der Waals surface area contributed by atoms with Gasteiger partial charge in [-0.2, -0.15) is 0 Å². The van der Waals surface area contributed by atoms with Crippen molar-refractivity contribution in [1.29, 1.82) is 0 Å². The van der Waals surface area contributed by atoms with Crippen molar-refractivity contribution in [1.82, 2.24) is 4.98 Å². The van der Waals surface area contributed by atoms with Crippen molar-refractivity contribution in [3.05, 3.63) is 23.4 Å². The normalized spacial score (nSPS) is 9.44. The van der Waals surface area contributed by atoms with Crippen molar-refractivity contribution in [2.75, 3.05) is 21.3 Å². The number of nitrogens with zero attached hydrogens (tertiary/aromatic N) is 1. The van der Waals surface area contributed by atoms with Crippen molar-refractivity contribution in [3.8, 4) is 5.88 Å². The highest BCUT2D eigenvalue weighted by Gasteiger charge is 2.23. The molecule has 0 aliphatic heterocycles. The van der Waals surface area contributed by atoms with Gasteiger partial charge in [0, 0.05) is 6.20 Å². The zero-order valence-electron chi connectivity index (χ0n) is 9.14. The van der Waals surface area contributed by atoms with Crippen LogP contribution in [0.4, 0.5) is 0 Å². The monoisotopic (exact) mass is 225 g/mol. The van der Waals surface area contributed by atoms with E-state index in [1.807, 2.05) is 0 Å². The van der Waals surface area contributed by atoms with E-state index in [1.54, 1.807) is 0 Å². The molecular weight excluding hydrogens is 214 g/mol. The van der Waals surface area contributed by atoms with Crippen LogP contribution < -0.4 is 4.74 Å². The minimum atomic E-state index is -0.703. The second-order valence-electron chi connectivity index (χ2n) is 2.73. The lowest BCUT2D eigenvalue weighted by Gasteiger charge is -2.09. The molecule has 0 aliphatic carbocycles. The van der Waals surface area contributed by atoms with Gasteiger partial charge in [-0.3, -0.25) is 0 Å². The number of pyridine rings is 1. The molecule has 1 aromatic rings. The molecule has 0 aromatic carbocycles. The Bertz CT molecular complexity index is 416. The average Bonchev–Trinajstić information content (AvgIpc) is 2.35. The Balaban J connectivity index is 3.37. The van der Waals surface area contributed by atoms with Gasteiger partial charge in [-0.1, -0.05) is 0 Å². The third kappa shape index (κ3) is 2.10. The Morgan fingerprint density at radius 3 is 2.25 bits per heavy atom. The summed E-state index contributed by atoms with van der Waals surface area (Å²) in [6.07, 6.45) is 1.34. The first-order valence-corrected chi connectivity index (χ1v) is 4.35. The van der Waals surface area contributed by atoms with Gasteiger partial charge < -0.3 is 14.2 Å². The summed E-state index contributed by atoms with van der Waals surface area (Å²) in [6, 6.07) is 1.36. The largest absolute Gasteiger partial charge is 0.480 e. The second-order valence-corrected chi connectivity index (χ2v) is 2.73. The predicted molar refractivity (Wildman–Crippen MR) is 53.5 cm³/mol. The molecule has 0 bridgehead atoms. The van der Waals surface area contributed by atoms with Gasteiger partial charge in [0.25, 0.3) is 0 Å². The smallest absolute Gasteiger partial charge is 0.344 e. The maximum absolute atomic E-state index is 11.5. The first-order valence-electron chi connectivity index (χ1n) is 4.35. The third-order valence-corrected chi connectivity index (χ3v) is 1.90. The van der Waals surface area contributed by atoms with Crippen LogP contribution in [0.2, 0.25) is 0 Å². The number of carbonyl (C=O) groups is 2. The van der Waals surface area contributed by atoms with Crippen LogP contribution >= 0.6 is 0 Å². The number of carbonyl (C=O) groups excluding carboxylic acids is 2. The van der Waals surface area contributed by atoms with Gasteiger partial charge in [0.05, 0.1) is 26.9 Å². The van der Waals surface area contributed by atoms with Crippen molar-refractivity contribution in [2.24, 2.45) is 0 Å². The van der Waals surface area contributed by atoms with Gasteiger partial charge >= 0.3 is 11.9 Å². The summed E-state index contributed by atoms with van der Waals surface area (Å²) < 4.78 is 14.0. The zero-order valence-corrected chi connectivity index (χ0v) is 9.14. The highest BCUT2D eigenvalue weighted by molar-refractivity contribution is 6.04. The van der Waals surface area contributed by atoms with Crippen molar-refractivity contribution < 1.29 is 23.8 Å². The third-order valence-electron chi connectivity index (χ3n) is 1.90. The Kier molecular flexibility index (Phi) is 3.82. The maximum Gasteiger partial charge on any atom is 0.344 e. The number of aromatic nitrogens is 1. The van der Waals surface area contributed by atoms with Gasteiger partial charge in [-0.15, -0.1) is 0 Å². The molecule has 6 nitrogen and oxygen atoms in total. The van der Waals surface area contributed by atoms with Crippen LogP contribution in [0.15, 0.2) is 12.3 Å². The molecule has 0 saturated heterocycles. The molecular formula is C10H11NO5. The number of hydrogen-bond acceptors (Lipinski definition) is 6. The molecule has 86 valence electrons. The molecule has 1 aromatic heterocycles. The topological polar surface area (TPSA) is 74.7 Å². The fourth-order valence-electron chi connectivity index (χ4n) is 1.18. The Hall–Kier alpha value is -2.11. The molecule has 0 fully saturated rings. The van der Waals surface area contributed by atoms with Gasteiger partial charge in [0.15, 0.2) is 0 Å². The Morgan fingerprint density at radius 1 is 1.12 bits per heavy atom. The second kappa shape index (κ2) is 5.11. The first kappa shape index (κ1) is 12.0. The van der Waals surface area contributed by atoms with Crippen LogP contribution in [0, 0.1) is 0 Å². The maximum atomic E-state index is 11.5. The molecule has 16 heavy (non-hydrogen) atoms. The van der Waals surface area contributed by atoms with E-state index in [9.17, 15) is 9.59 Å². The minimum absolute atomic E-state index is 0.0229. The van der Waals surface area contributed by atoms with E-state index in [2.05, 4.69) is 14.5 Å². The van der Waals surface area contributed by atoms with Gasteiger partial charge in [-0.05, 0) is 6.07 Å². The van der Waals surface area contributed by atoms with Crippen molar-refractivity contribution >= 4 is 11.9 Å². The molecule has 1 heterocycles. The molecule has 1 rings (SSSR count). The summed E-state index contributed by atoms with van der Waals surface area (Å²) >= 11 is 0. The first-order chi connectivity index (χ1) is 7.65. The number of methoxy groups -OCH3 is 3. The molecule has 6 heteroatoms. The summed E-state index contributed by atoms with van der Waals surface area (Å²) in [6.45, 7) is 0. The lowest BCUT2D eigenvalue weighted by atomic mass is 10.1. The summed E-state index contributed by atoms with van der Waals surface area (Å²) in [4.78, 5) is 26.7. The molecule has 0 aliphatic rings. The number of rotatable bonds is 3. The van der Waals surface area contributed by atoms with E-state index in [0.29, 0.717) is 0 Å². The van der Waals surface area contributed by atoms with Crippen molar-refractivity contribution in [3.63, 3.8) is 0 Å². The summed E-state index contributed by atoms with van der Waals surface area (Å²) in [5.74, 6) is -1.33. The Labute approximate surface area is 92.1 Å². The zero-order chi connectivity index (χ0) is 12.1. The van der Waals surface area contributed by atoms with E-state index >= 15 is 0 Å². The summed E-state index contributed by atoms with van der Waals surface area (Å²) in [5, 5.41) is 0. The van der Waals surface area contributed by atoms with E-state index in [1.165, 1.54) is 33.6 Å². The highest BCUT2D eigenvalue weighted by Crippen LogP contribution is 2.20. The predicted octanol–water partition coefficient (Wildman–Crippen LogP) is 0.663. The molecule has 0 N–H and O–H groups in total. The quantitative estimate of drug-likeness (QED) is 0.703. The number of ether oxygens (including phenoxy) is 3. The molecule has 0 atom stereocenters. The standard InChI is InChI=1S/C10H11NO5/c1-14-8-7(10(13)16-3)6(4-5-11-8)9(12)15-2/h4-5H,1-3H3. The molecule has 0 saturated carbocycles. The fourth-order valence-corrected chi connectivity index (χ4v) is 1.18. The van der Waals surface area contributed by atoms with Crippen LogP contribution in [-0.2, 0) is 9.47 Å². The van der Waals surface area contributed by atoms with Crippen LogP contribution in [0.25, 0.3) is 0 Å². The SMILES string of the molecule is COC(=O)c1ccnc(OC)c1C(=O)OC. The van der Waals surface area contributed by atoms with Gasteiger partial charge in [-0.25, -0.2) is 14.6 Å². The van der Waals surface area contributed by atoms with E-state index in [-0.39, 0.29) is 17.0 Å². The Morgan fingerprint density at radius 2 is 1.75 bits per heavy atom. The lowest BCUT2D eigenvalue weighted by Crippen LogP contribution is -2.14. The summed E-state index contributed by atoms with van der Waals surface area (Å²) in [7, 11) is 3.77. The molecule has 0 spiro atoms. The summed E-state index contributed by atoms with van der Waals surface area (Å²) in [5.41, 5.74) is 0.0144. The highest BCUT2D eigenvalue weighted by atomic mass is 16.5. The van der Waals surface area contributed by atoms with E-state index in [4.69, 9.17) is 4.74 Å². The lowest BCUT2D eigenvalue weighted by molar-refractivity contribution is 0.0551. The number of hydrogen-bond donors (Lipinski definition) is 0. The van der Waals surface area contributed by atoms with Crippen LogP contribution in [-0.4, -0.2) is 38.3 Å². The molecule has 0 unspecified atom stereocenters. The average molecular weight is 225 g/mol.